The number of nitrogen functional groups attached to an aromatic ring is 1. The van der Waals surface area contributed by atoms with Crippen molar-refractivity contribution in [3.63, 3.8) is 0 Å². The van der Waals surface area contributed by atoms with E-state index in [1.807, 2.05) is 0 Å². The Hall–Kier alpha value is -4.00. The van der Waals surface area contributed by atoms with Crippen LogP contribution in [0.2, 0.25) is 0 Å². The Bertz CT molecular complexity index is 1070. The summed E-state index contributed by atoms with van der Waals surface area (Å²) in [6.07, 6.45) is 1.58. The molecule has 0 spiro atoms. The average Bonchev–Trinajstić information content (AvgIpc) is 2.69. The maximum Gasteiger partial charge on any atom is 0.259 e. The van der Waals surface area contributed by atoms with E-state index in [-0.39, 0.29) is 23.1 Å². The lowest BCUT2D eigenvalue weighted by Crippen LogP contribution is -2.15. The fourth-order valence-corrected chi connectivity index (χ4v) is 2.75. The van der Waals surface area contributed by atoms with Gasteiger partial charge < -0.3 is 16.4 Å². The molecule has 0 fully saturated rings. The van der Waals surface area contributed by atoms with Crippen molar-refractivity contribution >= 4 is 34.8 Å². The molecule has 7 heteroatoms. The number of nitrogens with one attached hydrogen (secondary N) is 2. The molecule has 0 aliphatic rings. The normalized spacial score (nSPS) is 10.3. The Kier molecular flexibility index (Phi) is 5.69. The van der Waals surface area contributed by atoms with E-state index in [0.717, 1.165) is 5.56 Å². The molecule has 0 atom stereocenters. The predicted octanol–water partition coefficient (Wildman–Crippen LogP) is 3.74. The summed E-state index contributed by atoms with van der Waals surface area (Å²) in [5.41, 5.74) is 9.46. The summed E-state index contributed by atoms with van der Waals surface area (Å²) in [6.45, 7) is 2.93. The van der Waals surface area contributed by atoms with Gasteiger partial charge in [-0.15, -0.1) is 0 Å². The zero-order valence-corrected chi connectivity index (χ0v) is 16.0. The number of rotatable bonds is 5. The lowest BCUT2D eigenvalue weighted by atomic mass is 10.0. The molecule has 0 saturated carbocycles. The van der Waals surface area contributed by atoms with Crippen molar-refractivity contribution in [3.05, 3.63) is 71.9 Å². The van der Waals surface area contributed by atoms with Crippen molar-refractivity contribution < 1.29 is 14.4 Å². The molecule has 4 N–H and O–H groups in total. The van der Waals surface area contributed by atoms with Crippen LogP contribution in [0.4, 0.5) is 17.2 Å². The summed E-state index contributed by atoms with van der Waals surface area (Å²) >= 11 is 0. The van der Waals surface area contributed by atoms with Gasteiger partial charge in [-0.05, 0) is 42.8 Å². The minimum atomic E-state index is -0.399. The smallest absolute Gasteiger partial charge is 0.259 e. The number of hydrogen-bond acceptors (Lipinski definition) is 5. The molecule has 2 aromatic carbocycles. The molecule has 1 heterocycles. The Labute approximate surface area is 168 Å². The molecule has 0 bridgehead atoms. The zero-order valence-electron chi connectivity index (χ0n) is 16.0. The van der Waals surface area contributed by atoms with Crippen LogP contribution in [0.1, 0.15) is 34.6 Å². The standard InChI is InChI=1S/C22H20N4O3/c1-13(27)15-3-5-16(6-4-15)17-11-20(21(23)24-12-17)22(29)26-19-9-7-18(8-10-19)25-14(2)28/h3-12H,1-2H3,(H2,23,24)(H,25,28)(H,26,29). The number of ketones is 1. The first-order valence-electron chi connectivity index (χ1n) is 8.89. The van der Waals surface area contributed by atoms with Gasteiger partial charge in [0, 0.05) is 35.6 Å². The van der Waals surface area contributed by atoms with E-state index in [2.05, 4.69) is 15.6 Å². The van der Waals surface area contributed by atoms with Crippen LogP contribution in [0, 0.1) is 0 Å². The van der Waals surface area contributed by atoms with E-state index < -0.39 is 5.91 Å². The van der Waals surface area contributed by atoms with E-state index in [0.29, 0.717) is 22.5 Å². The first-order valence-corrected chi connectivity index (χ1v) is 8.89. The fourth-order valence-electron chi connectivity index (χ4n) is 2.75. The number of nitrogens with zero attached hydrogens (tertiary/aromatic N) is 1. The summed E-state index contributed by atoms with van der Waals surface area (Å²) in [7, 11) is 0. The monoisotopic (exact) mass is 388 g/mol. The first-order chi connectivity index (χ1) is 13.8. The number of benzene rings is 2. The Balaban J connectivity index is 1.81. The van der Waals surface area contributed by atoms with E-state index in [1.54, 1.807) is 60.8 Å². The van der Waals surface area contributed by atoms with E-state index >= 15 is 0 Å². The number of aromatic nitrogens is 1. The van der Waals surface area contributed by atoms with E-state index in [9.17, 15) is 14.4 Å². The highest BCUT2D eigenvalue weighted by Gasteiger charge is 2.13. The zero-order chi connectivity index (χ0) is 21.0. The highest BCUT2D eigenvalue weighted by molar-refractivity contribution is 6.08. The molecule has 0 unspecified atom stereocenters. The Morgan fingerprint density at radius 2 is 1.41 bits per heavy atom. The Morgan fingerprint density at radius 3 is 1.97 bits per heavy atom. The van der Waals surface area contributed by atoms with Gasteiger partial charge in [0.25, 0.3) is 5.91 Å². The molecular weight excluding hydrogens is 368 g/mol. The maximum atomic E-state index is 12.7. The van der Waals surface area contributed by atoms with Gasteiger partial charge in [-0.1, -0.05) is 24.3 Å². The molecule has 3 aromatic rings. The molecule has 1 aromatic heterocycles. The van der Waals surface area contributed by atoms with E-state index in [1.165, 1.54) is 13.8 Å². The SMILES string of the molecule is CC(=O)Nc1ccc(NC(=O)c2cc(-c3ccc(C(C)=O)cc3)cnc2N)cc1. The van der Waals surface area contributed by atoms with Gasteiger partial charge in [-0.25, -0.2) is 4.98 Å². The second kappa shape index (κ2) is 8.35. The third kappa shape index (κ3) is 4.84. The number of amides is 2. The van der Waals surface area contributed by atoms with Crippen LogP contribution in [0.3, 0.4) is 0 Å². The molecule has 0 saturated heterocycles. The fraction of sp³-hybridized carbons (Fsp3) is 0.0909. The second-order valence-corrected chi connectivity index (χ2v) is 6.50. The van der Waals surface area contributed by atoms with Crippen LogP contribution in [0.25, 0.3) is 11.1 Å². The second-order valence-electron chi connectivity index (χ2n) is 6.50. The van der Waals surface area contributed by atoms with Crippen LogP contribution in [0.5, 0.6) is 0 Å². The lowest BCUT2D eigenvalue weighted by Gasteiger charge is -2.10. The number of anilines is 3. The summed E-state index contributed by atoms with van der Waals surface area (Å²) < 4.78 is 0. The van der Waals surface area contributed by atoms with Gasteiger partial charge in [-0.2, -0.15) is 0 Å². The minimum Gasteiger partial charge on any atom is -0.383 e. The van der Waals surface area contributed by atoms with Gasteiger partial charge in [0.05, 0.1) is 5.56 Å². The maximum absolute atomic E-state index is 12.7. The lowest BCUT2D eigenvalue weighted by molar-refractivity contribution is -0.114. The molecule has 3 rings (SSSR count). The molecule has 7 nitrogen and oxygen atoms in total. The summed E-state index contributed by atoms with van der Waals surface area (Å²) in [5, 5.41) is 5.43. The molecule has 146 valence electrons. The average molecular weight is 388 g/mol. The van der Waals surface area contributed by atoms with Gasteiger partial charge in [0.15, 0.2) is 5.78 Å². The van der Waals surface area contributed by atoms with Crippen LogP contribution >= 0.6 is 0 Å². The predicted molar refractivity (Wildman–Crippen MR) is 113 cm³/mol. The van der Waals surface area contributed by atoms with Gasteiger partial charge in [-0.3, -0.25) is 14.4 Å². The van der Waals surface area contributed by atoms with Gasteiger partial charge in [0.1, 0.15) is 5.82 Å². The molecular formula is C22H20N4O3. The van der Waals surface area contributed by atoms with Crippen LogP contribution in [-0.2, 0) is 4.79 Å². The summed E-state index contributed by atoms with van der Waals surface area (Å²) in [5.74, 6) is -0.476. The van der Waals surface area contributed by atoms with Crippen molar-refractivity contribution in [2.24, 2.45) is 0 Å². The quantitative estimate of drug-likeness (QED) is 0.576. The van der Waals surface area contributed by atoms with Gasteiger partial charge >= 0.3 is 0 Å². The van der Waals surface area contributed by atoms with Crippen molar-refractivity contribution in [3.8, 4) is 11.1 Å². The largest absolute Gasteiger partial charge is 0.383 e. The van der Waals surface area contributed by atoms with Crippen LogP contribution < -0.4 is 16.4 Å². The summed E-state index contributed by atoms with van der Waals surface area (Å²) in [6, 6.07) is 15.4. The summed E-state index contributed by atoms with van der Waals surface area (Å²) in [4.78, 5) is 39.3. The highest BCUT2D eigenvalue weighted by atomic mass is 16.2. The highest BCUT2D eigenvalue weighted by Crippen LogP contribution is 2.24. The van der Waals surface area contributed by atoms with Crippen molar-refractivity contribution in [1.29, 1.82) is 0 Å². The number of nitrogens with two attached hydrogens (primary N) is 1. The topological polar surface area (TPSA) is 114 Å². The third-order valence-corrected chi connectivity index (χ3v) is 4.25. The van der Waals surface area contributed by atoms with Crippen molar-refractivity contribution in [2.45, 2.75) is 13.8 Å². The molecule has 29 heavy (non-hydrogen) atoms. The molecule has 0 aliphatic heterocycles. The van der Waals surface area contributed by atoms with Gasteiger partial charge in [0.2, 0.25) is 5.91 Å². The Morgan fingerprint density at radius 1 is 0.828 bits per heavy atom. The van der Waals surface area contributed by atoms with Crippen LogP contribution in [-0.4, -0.2) is 22.6 Å². The molecule has 0 aliphatic carbocycles. The number of carbonyl (C=O) groups excluding carboxylic acids is 3. The molecule has 2 amide bonds. The first kappa shape index (κ1) is 19.8. The van der Waals surface area contributed by atoms with E-state index in [4.69, 9.17) is 5.73 Å². The van der Waals surface area contributed by atoms with Crippen LogP contribution in [0.15, 0.2) is 60.8 Å². The minimum absolute atomic E-state index is 0.0171. The number of Topliss-reactive ketones (excluding diaryl/α,β-unsaturated/α-hetero) is 1. The third-order valence-electron chi connectivity index (χ3n) is 4.25. The molecule has 0 radical (unpaired) electrons. The van der Waals surface area contributed by atoms with Crippen molar-refractivity contribution in [1.82, 2.24) is 4.98 Å². The number of carbonyl (C=O) groups is 3. The van der Waals surface area contributed by atoms with Crippen molar-refractivity contribution in [2.75, 3.05) is 16.4 Å². The number of pyridine rings is 1. The number of hydrogen-bond donors (Lipinski definition) is 3.